The van der Waals surface area contributed by atoms with Gasteiger partial charge in [0.2, 0.25) is 5.91 Å². The van der Waals surface area contributed by atoms with Crippen LogP contribution >= 0.6 is 28.1 Å². The van der Waals surface area contributed by atoms with Crippen molar-refractivity contribution in [2.75, 3.05) is 17.3 Å². The number of nitrogens with one attached hydrogen (secondary N) is 2. The first-order chi connectivity index (χ1) is 19.5. The average molecular weight is 633 g/mol. The Morgan fingerprint density at radius 1 is 1.05 bits per heavy atom. The smallest absolute Gasteiger partial charge is 0.229 e. The molecule has 5 rings (SSSR count). The van der Waals surface area contributed by atoms with Crippen molar-refractivity contribution < 1.29 is 9.53 Å². The van der Waals surface area contributed by atoms with Gasteiger partial charge in [-0.25, -0.2) is 0 Å². The van der Waals surface area contributed by atoms with Crippen LogP contribution in [-0.2, 0) is 4.79 Å². The Bertz CT molecular complexity index is 1600. The fraction of sp³-hybridized carbons (Fsp3) is 0.281. The topological polar surface area (TPSA) is 71.4 Å². The molecular weight excluding hydrogens is 598 g/mol. The van der Waals surface area contributed by atoms with Gasteiger partial charge in [-0.05, 0) is 86.2 Å². The average Bonchev–Trinajstić information content (AvgIpc) is 3.44. The summed E-state index contributed by atoms with van der Waals surface area (Å²) in [5.41, 5.74) is 6.29. The number of ether oxygens (including phenoxy) is 1. The van der Waals surface area contributed by atoms with Gasteiger partial charge in [-0.1, -0.05) is 42.8 Å². The number of amides is 1. The zero-order chi connectivity index (χ0) is 29.5. The van der Waals surface area contributed by atoms with Crippen LogP contribution < -0.4 is 20.3 Å². The third-order valence-corrected chi connectivity index (χ3v) is 8.21. The van der Waals surface area contributed by atoms with E-state index >= 15 is 0 Å². The molecule has 212 valence electrons. The summed E-state index contributed by atoms with van der Waals surface area (Å²) < 4.78 is 9.04. The van der Waals surface area contributed by atoms with Crippen molar-refractivity contribution in [2.45, 2.75) is 46.7 Å². The number of anilines is 2. The van der Waals surface area contributed by atoms with Crippen molar-refractivity contribution in [3.8, 4) is 11.4 Å². The number of aromatic nitrogens is 2. The summed E-state index contributed by atoms with van der Waals surface area (Å²) in [5, 5.41) is 7.14. The molecule has 0 aliphatic carbocycles. The Kier molecular flexibility index (Phi) is 7.94. The standard InChI is InChI=1S/C32H34BrN5O2S/c1-19-17-24(20(2)37(19)22-12-10-21(33)11-13-22)29-28(26-9-7-8-16-34-26)36-31(41)38(29)23-14-15-25(27(18-23)40-6)35-30(39)32(3,4)5/h7-18,28-29H,1-6H3,(H,35,39)(H,36,41)/t28-,29-/m1/s1. The molecule has 0 spiro atoms. The first-order valence-corrected chi connectivity index (χ1v) is 14.6. The number of carbonyl (C=O) groups is 1. The number of aryl methyl sites for hydroxylation is 1. The summed E-state index contributed by atoms with van der Waals surface area (Å²) in [6, 6.07) is 21.9. The maximum Gasteiger partial charge on any atom is 0.229 e. The third kappa shape index (κ3) is 5.61. The molecule has 2 atom stereocenters. The first-order valence-electron chi connectivity index (χ1n) is 13.4. The molecule has 2 aromatic carbocycles. The molecule has 7 nitrogen and oxygen atoms in total. The summed E-state index contributed by atoms with van der Waals surface area (Å²) in [4.78, 5) is 19.5. The largest absolute Gasteiger partial charge is 0.494 e. The Morgan fingerprint density at radius 3 is 2.39 bits per heavy atom. The van der Waals surface area contributed by atoms with Crippen LogP contribution in [0.2, 0.25) is 0 Å². The lowest BCUT2D eigenvalue weighted by molar-refractivity contribution is -0.123. The number of hydrogen-bond acceptors (Lipinski definition) is 4. The van der Waals surface area contributed by atoms with Crippen molar-refractivity contribution >= 4 is 50.5 Å². The van der Waals surface area contributed by atoms with Crippen molar-refractivity contribution in [1.29, 1.82) is 0 Å². The monoisotopic (exact) mass is 631 g/mol. The van der Waals surface area contributed by atoms with Gasteiger partial charge < -0.3 is 24.8 Å². The maximum absolute atomic E-state index is 12.7. The number of benzene rings is 2. The van der Waals surface area contributed by atoms with Gasteiger partial charge in [-0.3, -0.25) is 9.78 Å². The molecule has 1 saturated heterocycles. The molecular formula is C32H34BrN5O2S. The molecule has 0 saturated carbocycles. The van der Waals surface area contributed by atoms with E-state index in [2.05, 4.69) is 80.2 Å². The maximum atomic E-state index is 12.7. The van der Waals surface area contributed by atoms with Crippen LogP contribution in [0, 0.1) is 19.3 Å². The number of methoxy groups -OCH3 is 1. The summed E-state index contributed by atoms with van der Waals surface area (Å²) in [5.74, 6) is 0.471. The van der Waals surface area contributed by atoms with Crippen LogP contribution in [0.5, 0.6) is 5.75 Å². The molecule has 1 aliphatic heterocycles. The minimum absolute atomic E-state index is 0.0876. The van der Waals surface area contributed by atoms with E-state index in [1.165, 1.54) is 0 Å². The van der Waals surface area contributed by atoms with Crippen molar-refractivity contribution in [1.82, 2.24) is 14.9 Å². The van der Waals surface area contributed by atoms with E-state index in [-0.39, 0.29) is 18.0 Å². The van der Waals surface area contributed by atoms with Crippen LogP contribution in [-0.4, -0.2) is 27.7 Å². The Balaban J connectivity index is 1.62. The lowest BCUT2D eigenvalue weighted by Crippen LogP contribution is -2.30. The number of nitrogens with zero attached hydrogens (tertiary/aromatic N) is 3. The zero-order valence-corrected chi connectivity index (χ0v) is 26.4. The fourth-order valence-corrected chi connectivity index (χ4v) is 5.88. The zero-order valence-electron chi connectivity index (χ0n) is 24.0. The highest BCUT2D eigenvalue weighted by molar-refractivity contribution is 9.10. The predicted octanol–water partition coefficient (Wildman–Crippen LogP) is 7.42. The van der Waals surface area contributed by atoms with Crippen LogP contribution in [0.4, 0.5) is 11.4 Å². The molecule has 2 N–H and O–H groups in total. The van der Waals surface area contributed by atoms with Gasteiger partial charge in [-0.2, -0.15) is 0 Å². The van der Waals surface area contributed by atoms with Crippen LogP contribution in [0.15, 0.2) is 77.4 Å². The van der Waals surface area contributed by atoms with Crippen LogP contribution in [0.25, 0.3) is 5.69 Å². The van der Waals surface area contributed by atoms with E-state index in [0.29, 0.717) is 16.5 Å². The van der Waals surface area contributed by atoms with Gasteiger partial charge >= 0.3 is 0 Å². The molecule has 0 unspecified atom stereocenters. The molecule has 0 bridgehead atoms. The second kappa shape index (κ2) is 11.3. The highest BCUT2D eigenvalue weighted by Crippen LogP contribution is 2.45. The molecule has 1 fully saturated rings. The van der Waals surface area contributed by atoms with Crippen molar-refractivity contribution in [3.05, 3.63) is 100 Å². The van der Waals surface area contributed by atoms with Crippen molar-refractivity contribution in [3.63, 3.8) is 0 Å². The van der Waals surface area contributed by atoms with Gasteiger partial charge in [0.15, 0.2) is 5.11 Å². The second-order valence-corrected chi connectivity index (χ2v) is 12.5. The normalized spacial score (nSPS) is 17.0. The lowest BCUT2D eigenvalue weighted by atomic mass is 9.95. The number of pyridine rings is 1. The van der Waals surface area contributed by atoms with Gasteiger partial charge in [0.05, 0.1) is 30.6 Å². The highest BCUT2D eigenvalue weighted by Gasteiger charge is 2.42. The van der Waals surface area contributed by atoms with Gasteiger partial charge in [0, 0.05) is 44.9 Å². The van der Waals surface area contributed by atoms with E-state index in [9.17, 15) is 4.79 Å². The van der Waals surface area contributed by atoms with Gasteiger partial charge in [0.25, 0.3) is 0 Å². The minimum atomic E-state index is -0.539. The molecule has 1 amide bonds. The Morgan fingerprint density at radius 2 is 1.76 bits per heavy atom. The van der Waals surface area contributed by atoms with Crippen molar-refractivity contribution in [2.24, 2.45) is 5.41 Å². The van der Waals surface area contributed by atoms with Crippen LogP contribution in [0.3, 0.4) is 0 Å². The number of hydrogen-bond donors (Lipinski definition) is 2. The van der Waals surface area contributed by atoms with E-state index in [0.717, 1.165) is 38.5 Å². The Labute approximate surface area is 255 Å². The van der Waals surface area contributed by atoms with Gasteiger partial charge in [-0.15, -0.1) is 0 Å². The number of carbonyl (C=O) groups excluding carboxylic acids is 1. The molecule has 41 heavy (non-hydrogen) atoms. The first kappa shape index (κ1) is 28.8. The summed E-state index contributed by atoms with van der Waals surface area (Å²) in [6.45, 7) is 9.90. The van der Waals surface area contributed by atoms with Gasteiger partial charge in [0.1, 0.15) is 5.75 Å². The van der Waals surface area contributed by atoms with E-state index in [1.807, 2.05) is 57.2 Å². The lowest BCUT2D eigenvalue weighted by Gasteiger charge is -2.29. The number of rotatable bonds is 6. The minimum Gasteiger partial charge on any atom is -0.494 e. The number of thiocarbonyl (C=S) groups is 1. The molecule has 9 heteroatoms. The summed E-state index contributed by atoms with van der Waals surface area (Å²) >= 11 is 9.51. The number of halogens is 1. The molecule has 4 aromatic rings. The quantitative estimate of drug-likeness (QED) is 0.216. The predicted molar refractivity (Wildman–Crippen MR) is 172 cm³/mol. The second-order valence-electron chi connectivity index (χ2n) is 11.2. The highest BCUT2D eigenvalue weighted by atomic mass is 79.9. The molecule has 3 heterocycles. The summed E-state index contributed by atoms with van der Waals surface area (Å²) in [7, 11) is 1.60. The molecule has 0 radical (unpaired) electrons. The third-order valence-electron chi connectivity index (χ3n) is 7.36. The molecule has 1 aliphatic rings. The van der Waals surface area contributed by atoms with E-state index in [1.54, 1.807) is 13.3 Å². The van der Waals surface area contributed by atoms with E-state index < -0.39 is 5.41 Å². The molecule has 2 aromatic heterocycles. The van der Waals surface area contributed by atoms with Crippen LogP contribution in [0.1, 0.15) is 55.5 Å². The Hall–Kier alpha value is -3.69. The SMILES string of the molecule is COc1cc(N2C(=S)N[C@H](c3ccccn3)[C@H]2c2cc(C)n(-c3ccc(Br)cc3)c2C)ccc1NC(=O)C(C)(C)C. The van der Waals surface area contributed by atoms with E-state index in [4.69, 9.17) is 21.9 Å². The fourth-order valence-electron chi connectivity index (χ4n) is 5.27. The summed E-state index contributed by atoms with van der Waals surface area (Å²) in [6.07, 6.45) is 1.81.